The van der Waals surface area contributed by atoms with E-state index >= 15 is 0 Å². The van der Waals surface area contributed by atoms with Crippen LogP contribution in [-0.2, 0) is 31.1 Å². The second-order valence-electron chi connectivity index (χ2n) is 7.11. The molecule has 0 radical (unpaired) electrons. The van der Waals surface area contributed by atoms with Crippen LogP contribution in [0, 0.1) is 6.92 Å². The lowest BCUT2D eigenvalue weighted by molar-refractivity contribution is -0.136. The molecule has 1 fully saturated rings. The standard InChI is InChI=1S/C18H19F3N6O/c1-10-16-13(18(19,20)21)5-14(12-3-4-12)24-17(16)27(25-10)9-15(28)22-6-11-7-23-26(2)8-11/h5,7-8,12H,3-4,6,9H2,1-2H3,(H,22,28). The second-order valence-corrected chi connectivity index (χ2v) is 7.11. The average Bonchev–Trinajstić information content (AvgIpc) is 3.32. The van der Waals surface area contributed by atoms with E-state index in [-0.39, 0.29) is 41.6 Å². The van der Waals surface area contributed by atoms with Gasteiger partial charge in [0.25, 0.3) is 0 Å². The lowest BCUT2D eigenvalue weighted by Crippen LogP contribution is -2.27. The van der Waals surface area contributed by atoms with Gasteiger partial charge in [-0.25, -0.2) is 9.67 Å². The molecule has 7 nitrogen and oxygen atoms in total. The van der Waals surface area contributed by atoms with Crippen LogP contribution in [-0.4, -0.2) is 30.5 Å². The third-order valence-electron chi connectivity index (χ3n) is 4.74. The topological polar surface area (TPSA) is 77.6 Å². The van der Waals surface area contributed by atoms with Crippen molar-refractivity contribution < 1.29 is 18.0 Å². The predicted octanol–water partition coefficient (Wildman–Crippen LogP) is 2.69. The maximum Gasteiger partial charge on any atom is 0.417 e. The monoisotopic (exact) mass is 392 g/mol. The normalized spacial score (nSPS) is 14.6. The van der Waals surface area contributed by atoms with Gasteiger partial charge in [0.15, 0.2) is 5.65 Å². The zero-order valence-electron chi connectivity index (χ0n) is 15.4. The van der Waals surface area contributed by atoms with E-state index < -0.39 is 11.7 Å². The number of alkyl halides is 3. The SMILES string of the molecule is Cc1nn(CC(=O)NCc2cnn(C)c2)c2nc(C3CC3)cc(C(F)(F)F)c12. The molecule has 1 amide bonds. The summed E-state index contributed by atoms with van der Waals surface area (Å²) in [5, 5.41) is 10.9. The lowest BCUT2D eigenvalue weighted by Gasteiger charge is -2.11. The summed E-state index contributed by atoms with van der Waals surface area (Å²) in [5.74, 6) is -0.311. The summed E-state index contributed by atoms with van der Waals surface area (Å²) >= 11 is 0. The van der Waals surface area contributed by atoms with Gasteiger partial charge in [0.05, 0.1) is 22.8 Å². The molecule has 3 aromatic rings. The minimum absolute atomic E-state index is 0.0445. The Morgan fingerprint density at radius 3 is 2.71 bits per heavy atom. The van der Waals surface area contributed by atoms with Crippen LogP contribution in [0.25, 0.3) is 11.0 Å². The van der Waals surface area contributed by atoms with E-state index in [0.717, 1.165) is 24.5 Å². The van der Waals surface area contributed by atoms with Crippen molar-refractivity contribution in [1.29, 1.82) is 0 Å². The van der Waals surface area contributed by atoms with Gasteiger partial charge in [-0.1, -0.05) is 0 Å². The van der Waals surface area contributed by atoms with Crippen LogP contribution in [0.4, 0.5) is 13.2 Å². The Hall–Kier alpha value is -2.91. The van der Waals surface area contributed by atoms with Crippen LogP contribution < -0.4 is 5.32 Å². The highest BCUT2D eigenvalue weighted by Crippen LogP contribution is 2.43. The van der Waals surface area contributed by atoms with Gasteiger partial charge in [0, 0.05) is 37.0 Å². The molecule has 0 spiro atoms. The third-order valence-corrected chi connectivity index (χ3v) is 4.74. The third kappa shape index (κ3) is 3.58. The summed E-state index contributed by atoms with van der Waals surface area (Å²) in [5.41, 5.74) is 0.810. The van der Waals surface area contributed by atoms with Crippen LogP contribution in [0.3, 0.4) is 0 Å². The van der Waals surface area contributed by atoms with E-state index in [1.807, 2.05) is 0 Å². The van der Waals surface area contributed by atoms with E-state index in [0.29, 0.717) is 5.69 Å². The first-order valence-corrected chi connectivity index (χ1v) is 8.92. The molecule has 0 saturated heterocycles. The summed E-state index contributed by atoms with van der Waals surface area (Å²) in [6.07, 6.45) is 0.550. The van der Waals surface area contributed by atoms with Gasteiger partial charge in [0.1, 0.15) is 6.54 Å². The van der Waals surface area contributed by atoms with Crippen molar-refractivity contribution in [1.82, 2.24) is 29.9 Å². The number of amides is 1. The maximum atomic E-state index is 13.6. The van der Waals surface area contributed by atoms with Crippen molar-refractivity contribution in [2.24, 2.45) is 7.05 Å². The van der Waals surface area contributed by atoms with Gasteiger partial charge >= 0.3 is 6.18 Å². The molecule has 1 aliphatic carbocycles. The minimum atomic E-state index is -4.51. The molecule has 148 valence electrons. The Balaban J connectivity index is 1.63. The van der Waals surface area contributed by atoms with E-state index in [1.165, 1.54) is 11.6 Å². The average molecular weight is 392 g/mol. The zero-order valence-corrected chi connectivity index (χ0v) is 15.4. The Bertz CT molecular complexity index is 1050. The van der Waals surface area contributed by atoms with Crippen molar-refractivity contribution in [3.8, 4) is 0 Å². The number of aryl methyl sites for hydroxylation is 2. The Labute approximate surface area is 158 Å². The lowest BCUT2D eigenvalue weighted by atomic mass is 10.1. The highest BCUT2D eigenvalue weighted by atomic mass is 19.4. The molecule has 1 N–H and O–H groups in total. The number of pyridine rings is 1. The van der Waals surface area contributed by atoms with Crippen molar-refractivity contribution in [3.05, 3.63) is 41.0 Å². The number of aromatic nitrogens is 5. The Morgan fingerprint density at radius 1 is 1.36 bits per heavy atom. The van der Waals surface area contributed by atoms with Crippen molar-refractivity contribution >= 4 is 16.9 Å². The molecular weight excluding hydrogens is 373 g/mol. The number of fused-ring (bicyclic) bond motifs is 1. The van der Waals surface area contributed by atoms with Gasteiger partial charge < -0.3 is 5.32 Å². The highest BCUT2D eigenvalue weighted by Gasteiger charge is 2.37. The first-order valence-electron chi connectivity index (χ1n) is 8.92. The summed E-state index contributed by atoms with van der Waals surface area (Å²) in [6, 6.07) is 1.13. The quantitative estimate of drug-likeness (QED) is 0.724. The van der Waals surface area contributed by atoms with Gasteiger partial charge in [0.2, 0.25) is 5.91 Å². The van der Waals surface area contributed by atoms with Crippen LogP contribution >= 0.6 is 0 Å². The highest BCUT2D eigenvalue weighted by molar-refractivity contribution is 5.85. The fraction of sp³-hybridized carbons (Fsp3) is 0.444. The van der Waals surface area contributed by atoms with Crippen molar-refractivity contribution in [2.75, 3.05) is 0 Å². The molecular formula is C18H19F3N6O. The van der Waals surface area contributed by atoms with Gasteiger partial charge in [-0.05, 0) is 25.8 Å². The fourth-order valence-electron chi connectivity index (χ4n) is 3.25. The molecule has 0 unspecified atom stereocenters. The van der Waals surface area contributed by atoms with E-state index in [1.54, 1.807) is 24.1 Å². The van der Waals surface area contributed by atoms with E-state index in [4.69, 9.17) is 0 Å². The summed E-state index contributed by atoms with van der Waals surface area (Å²) in [4.78, 5) is 16.7. The van der Waals surface area contributed by atoms with Crippen molar-refractivity contribution in [3.63, 3.8) is 0 Å². The van der Waals surface area contributed by atoms with Crippen molar-refractivity contribution in [2.45, 2.75) is 44.9 Å². The Morgan fingerprint density at radius 2 is 2.11 bits per heavy atom. The summed E-state index contributed by atoms with van der Waals surface area (Å²) in [6.45, 7) is 1.57. The summed E-state index contributed by atoms with van der Waals surface area (Å²) < 4.78 is 43.6. The zero-order chi connectivity index (χ0) is 20.1. The number of carbonyl (C=O) groups is 1. The predicted molar refractivity (Wildman–Crippen MR) is 94.3 cm³/mol. The summed E-state index contributed by atoms with van der Waals surface area (Å²) in [7, 11) is 1.77. The second kappa shape index (κ2) is 6.61. The molecule has 1 aliphatic rings. The molecule has 0 bridgehead atoms. The fourth-order valence-corrected chi connectivity index (χ4v) is 3.25. The number of carbonyl (C=O) groups excluding carboxylic acids is 1. The number of hydrogen-bond acceptors (Lipinski definition) is 4. The number of halogens is 3. The molecule has 0 aromatic carbocycles. The minimum Gasteiger partial charge on any atom is -0.350 e. The number of nitrogens with one attached hydrogen (secondary N) is 1. The van der Waals surface area contributed by atoms with Crippen LogP contribution in [0.1, 0.15) is 41.3 Å². The van der Waals surface area contributed by atoms with Gasteiger partial charge in [-0.3, -0.25) is 9.48 Å². The number of hydrogen-bond donors (Lipinski definition) is 1. The van der Waals surface area contributed by atoms with E-state index in [9.17, 15) is 18.0 Å². The maximum absolute atomic E-state index is 13.6. The molecule has 4 rings (SSSR count). The molecule has 3 aromatic heterocycles. The van der Waals surface area contributed by atoms with Crippen LogP contribution in [0.15, 0.2) is 18.5 Å². The smallest absolute Gasteiger partial charge is 0.350 e. The molecule has 0 atom stereocenters. The van der Waals surface area contributed by atoms with Crippen LogP contribution in [0.5, 0.6) is 0 Å². The molecule has 10 heteroatoms. The molecule has 28 heavy (non-hydrogen) atoms. The van der Waals surface area contributed by atoms with Crippen LogP contribution in [0.2, 0.25) is 0 Å². The van der Waals surface area contributed by atoms with Gasteiger partial charge in [-0.2, -0.15) is 23.4 Å². The first kappa shape index (κ1) is 18.5. The molecule has 3 heterocycles. The first-order chi connectivity index (χ1) is 13.2. The van der Waals surface area contributed by atoms with Gasteiger partial charge in [-0.15, -0.1) is 0 Å². The largest absolute Gasteiger partial charge is 0.417 e. The molecule has 1 saturated carbocycles. The molecule has 0 aliphatic heterocycles. The Kier molecular flexibility index (Phi) is 4.35. The number of rotatable bonds is 5. The number of nitrogens with zero attached hydrogens (tertiary/aromatic N) is 5. The van der Waals surface area contributed by atoms with E-state index in [2.05, 4.69) is 20.5 Å².